The zero-order valence-corrected chi connectivity index (χ0v) is 12.6. The van der Waals surface area contributed by atoms with Gasteiger partial charge in [0.1, 0.15) is 5.78 Å². The molecule has 110 valence electrons. The third-order valence-corrected chi connectivity index (χ3v) is 7.05. The average Bonchev–Trinajstić information content (AvgIpc) is 2.90. The lowest BCUT2D eigenvalue weighted by atomic mass is 9.84. The van der Waals surface area contributed by atoms with Crippen molar-refractivity contribution in [2.45, 2.75) is 50.9 Å². The molecule has 0 amide bonds. The monoisotopic (exact) mass is 280 g/mol. The van der Waals surface area contributed by atoms with Crippen LogP contribution < -0.4 is 0 Å². The Morgan fingerprint density at radius 2 is 2.00 bits per heavy atom. The predicted octanol–water partition coefficient (Wildman–Crippen LogP) is 4.36. The van der Waals surface area contributed by atoms with Gasteiger partial charge in [-0.2, -0.15) is 0 Å². The molecule has 0 heterocycles. The van der Waals surface area contributed by atoms with E-state index in [4.69, 9.17) is 0 Å². The van der Waals surface area contributed by atoms with Crippen LogP contribution >= 0.6 is 0 Å². The van der Waals surface area contributed by atoms with Crippen LogP contribution in [0.15, 0.2) is 24.3 Å². The van der Waals surface area contributed by atoms with Gasteiger partial charge in [0.05, 0.1) is 0 Å². The normalized spacial score (nSPS) is 42.5. The first kappa shape index (κ1) is 12.4. The van der Waals surface area contributed by atoms with Crippen LogP contribution in [0.25, 0.3) is 0 Å². The van der Waals surface area contributed by atoms with Crippen LogP contribution in [0.3, 0.4) is 0 Å². The number of hydrogen-bond acceptors (Lipinski definition) is 1. The molecule has 0 radical (unpaired) electrons. The number of carbonyl (C=O) groups is 1. The van der Waals surface area contributed by atoms with Gasteiger partial charge in [0.2, 0.25) is 0 Å². The molecule has 1 aromatic carbocycles. The number of hydrogen-bond donors (Lipinski definition) is 0. The molecule has 1 heteroatoms. The molecule has 0 N–H and O–H groups in total. The van der Waals surface area contributed by atoms with Gasteiger partial charge in [-0.25, -0.2) is 0 Å². The fourth-order valence-electron chi connectivity index (χ4n) is 6.03. The molecule has 0 spiro atoms. The second-order valence-electron chi connectivity index (χ2n) is 8.06. The Bertz CT molecular complexity index is 589. The third-order valence-electron chi connectivity index (χ3n) is 7.05. The minimum atomic E-state index is 0.382. The smallest absolute Gasteiger partial charge is 0.137 e. The molecule has 2 bridgehead atoms. The maximum absolute atomic E-state index is 12.8. The molecule has 0 aromatic heterocycles. The van der Waals surface area contributed by atoms with Gasteiger partial charge in [-0.1, -0.05) is 30.7 Å². The first-order valence-electron chi connectivity index (χ1n) is 8.92. The molecule has 6 atom stereocenters. The molecule has 3 saturated carbocycles. The highest BCUT2D eigenvalue weighted by atomic mass is 16.1. The van der Waals surface area contributed by atoms with Gasteiger partial charge in [-0.3, -0.25) is 4.79 Å². The fourth-order valence-corrected chi connectivity index (χ4v) is 6.03. The van der Waals surface area contributed by atoms with Crippen LogP contribution in [0.4, 0.5) is 0 Å². The van der Waals surface area contributed by atoms with E-state index >= 15 is 0 Å². The molecule has 1 aromatic rings. The molecule has 1 nitrogen and oxygen atoms in total. The van der Waals surface area contributed by atoms with Crippen molar-refractivity contribution in [1.82, 2.24) is 0 Å². The van der Waals surface area contributed by atoms with Gasteiger partial charge in [0.15, 0.2) is 0 Å². The molecule has 0 saturated heterocycles. The summed E-state index contributed by atoms with van der Waals surface area (Å²) in [5.41, 5.74) is 3.01. The minimum Gasteiger partial charge on any atom is -0.299 e. The molecule has 5 rings (SSSR count). The van der Waals surface area contributed by atoms with Crippen molar-refractivity contribution in [3.05, 3.63) is 35.4 Å². The standard InChI is InChI=1S/C20H24O/c21-18(11-15-10-12-5-6-14(15)9-12)20-17-8-7-13-3-1-2-4-16(13)19(17)20/h1-4,12,14-15,17,19-20H,5-11H2. The van der Waals surface area contributed by atoms with Gasteiger partial charge in [0, 0.05) is 12.3 Å². The summed E-state index contributed by atoms with van der Waals surface area (Å²) in [7, 11) is 0. The fraction of sp³-hybridized carbons (Fsp3) is 0.650. The highest BCUT2D eigenvalue weighted by molar-refractivity contribution is 5.86. The Labute approximate surface area is 127 Å². The van der Waals surface area contributed by atoms with Crippen molar-refractivity contribution in [1.29, 1.82) is 0 Å². The number of benzene rings is 1. The van der Waals surface area contributed by atoms with Crippen molar-refractivity contribution in [2.24, 2.45) is 29.6 Å². The Balaban J connectivity index is 1.31. The molecule has 6 unspecified atom stereocenters. The number of ketones is 1. The number of Topliss-reactive ketones (excluding diaryl/α,β-unsaturated/α-hetero) is 1. The Morgan fingerprint density at radius 1 is 1.10 bits per heavy atom. The predicted molar refractivity (Wildman–Crippen MR) is 83.0 cm³/mol. The zero-order chi connectivity index (χ0) is 14.0. The summed E-state index contributed by atoms with van der Waals surface area (Å²) in [6, 6.07) is 8.84. The van der Waals surface area contributed by atoms with Gasteiger partial charge in [-0.15, -0.1) is 0 Å². The molecule has 21 heavy (non-hydrogen) atoms. The number of carbonyl (C=O) groups excluding carboxylic acids is 1. The van der Waals surface area contributed by atoms with Crippen molar-refractivity contribution in [2.75, 3.05) is 0 Å². The summed E-state index contributed by atoms with van der Waals surface area (Å²) in [4.78, 5) is 12.8. The summed E-state index contributed by atoms with van der Waals surface area (Å²) in [5, 5.41) is 0. The van der Waals surface area contributed by atoms with E-state index in [0.717, 1.165) is 24.2 Å². The summed E-state index contributed by atoms with van der Waals surface area (Å²) in [5.74, 6) is 4.87. The molecular formula is C20H24O. The van der Waals surface area contributed by atoms with E-state index in [2.05, 4.69) is 24.3 Å². The maximum Gasteiger partial charge on any atom is 0.137 e. The second-order valence-corrected chi connectivity index (χ2v) is 8.06. The summed E-state index contributed by atoms with van der Waals surface area (Å²) in [6.45, 7) is 0. The molecule has 3 fully saturated rings. The van der Waals surface area contributed by atoms with Gasteiger partial charge in [-0.05, 0) is 72.8 Å². The highest BCUT2D eigenvalue weighted by Gasteiger charge is 2.57. The summed E-state index contributed by atoms with van der Waals surface area (Å²) >= 11 is 0. The Kier molecular flexibility index (Phi) is 2.63. The molecule has 0 aliphatic heterocycles. The molecule has 4 aliphatic rings. The summed E-state index contributed by atoms with van der Waals surface area (Å²) < 4.78 is 0. The lowest BCUT2D eigenvalue weighted by Gasteiger charge is -2.20. The quantitative estimate of drug-likeness (QED) is 0.804. The molecule has 4 aliphatic carbocycles. The van der Waals surface area contributed by atoms with E-state index in [-0.39, 0.29) is 0 Å². The largest absolute Gasteiger partial charge is 0.299 e. The lowest BCUT2D eigenvalue weighted by Crippen LogP contribution is -2.16. The number of aryl methyl sites for hydroxylation is 1. The maximum atomic E-state index is 12.8. The van der Waals surface area contributed by atoms with Crippen molar-refractivity contribution < 1.29 is 4.79 Å². The zero-order valence-electron chi connectivity index (χ0n) is 12.6. The van der Waals surface area contributed by atoms with Gasteiger partial charge >= 0.3 is 0 Å². The molecular weight excluding hydrogens is 256 g/mol. The number of rotatable bonds is 3. The van der Waals surface area contributed by atoms with Crippen molar-refractivity contribution in [3.8, 4) is 0 Å². The topological polar surface area (TPSA) is 17.1 Å². The lowest BCUT2D eigenvalue weighted by molar-refractivity contribution is -0.121. The third kappa shape index (κ3) is 1.86. The van der Waals surface area contributed by atoms with E-state index in [9.17, 15) is 4.79 Å². The van der Waals surface area contributed by atoms with Crippen molar-refractivity contribution >= 4 is 5.78 Å². The number of fused-ring (bicyclic) bond motifs is 5. The Morgan fingerprint density at radius 3 is 2.81 bits per heavy atom. The first-order chi connectivity index (χ1) is 10.3. The van der Waals surface area contributed by atoms with Crippen LogP contribution in [-0.4, -0.2) is 5.78 Å². The van der Waals surface area contributed by atoms with E-state index in [0.29, 0.717) is 23.5 Å². The highest BCUT2D eigenvalue weighted by Crippen LogP contribution is 2.61. The van der Waals surface area contributed by atoms with Crippen LogP contribution in [0.2, 0.25) is 0 Å². The van der Waals surface area contributed by atoms with Crippen LogP contribution in [0.5, 0.6) is 0 Å². The second kappa shape index (κ2) is 4.44. The van der Waals surface area contributed by atoms with E-state index in [1.165, 1.54) is 49.7 Å². The van der Waals surface area contributed by atoms with Crippen LogP contribution in [0, 0.1) is 29.6 Å². The van der Waals surface area contributed by atoms with Gasteiger partial charge < -0.3 is 0 Å². The SMILES string of the molecule is O=C(CC1CC2CCC1C2)C1C2CCc3ccccc3C21. The van der Waals surface area contributed by atoms with Crippen LogP contribution in [-0.2, 0) is 11.2 Å². The van der Waals surface area contributed by atoms with E-state index in [1.807, 2.05) is 0 Å². The van der Waals surface area contributed by atoms with Crippen molar-refractivity contribution in [3.63, 3.8) is 0 Å². The van der Waals surface area contributed by atoms with Crippen LogP contribution in [0.1, 0.15) is 55.6 Å². The minimum absolute atomic E-state index is 0.382. The summed E-state index contributed by atoms with van der Waals surface area (Å²) in [6.07, 6.45) is 8.97. The van der Waals surface area contributed by atoms with Gasteiger partial charge in [0.25, 0.3) is 0 Å². The first-order valence-corrected chi connectivity index (χ1v) is 8.92. The van der Waals surface area contributed by atoms with E-state index in [1.54, 1.807) is 0 Å². The van der Waals surface area contributed by atoms with E-state index < -0.39 is 0 Å². The average molecular weight is 280 g/mol. The Hall–Kier alpha value is -1.11.